The van der Waals surface area contributed by atoms with E-state index in [4.69, 9.17) is 11.6 Å². The lowest BCUT2D eigenvalue weighted by atomic mass is 10.2. The highest BCUT2D eigenvalue weighted by Gasteiger charge is 2.07. The van der Waals surface area contributed by atoms with Crippen molar-refractivity contribution < 1.29 is 4.79 Å². The zero-order valence-electron chi connectivity index (χ0n) is 12.1. The number of halogens is 1. The van der Waals surface area contributed by atoms with Crippen LogP contribution in [0.25, 0.3) is 11.9 Å². The number of nitrogens with one attached hydrogen (secondary N) is 1. The Morgan fingerprint density at radius 2 is 2.00 bits per heavy atom. The molecule has 0 saturated carbocycles. The van der Waals surface area contributed by atoms with E-state index in [0.717, 1.165) is 5.56 Å². The minimum absolute atomic E-state index is 0.272. The van der Waals surface area contributed by atoms with Gasteiger partial charge in [-0.3, -0.25) is 4.79 Å². The van der Waals surface area contributed by atoms with E-state index in [1.165, 1.54) is 6.08 Å². The Hall–Kier alpha value is -2.92. The van der Waals surface area contributed by atoms with Crippen molar-refractivity contribution in [3.8, 4) is 5.82 Å². The number of pyridine rings is 1. The first kappa shape index (κ1) is 15.0. The van der Waals surface area contributed by atoms with Crippen molar-refractivity contribution in [1.82, 2.24) is 14.8 Å². The van der Waals surface area contributed by atoms with Crippen LogP contribution in [0, 0.1) is 0 Å². The van der Waals surface area contributed by atoms with E-state index in [1.807, 2.05) is 18.2 Å². The second-order valence-corrected chi connectivity index (χ2v) is 5.08. The largest absolute Gasteiger partial charge is 0.319 e. The minimum Gasteiger partial charge on any atom is -0.319 e. The minimum atomic E-state index is -0.272. The van der Waals surface area contributed by atoms with Gasteiger partial charge in [0.1, 0.15) is 0 Å². The molecule has 3 aromatic rings. The summed E-state index contributed by atoms with van der Waals surface area (Å²) in [5.74, 6) is 0.281. The molecule has 5 nitrogen and oxygen atoms in total. The molecule has 23 heavy (non-hydrogen) atoms. The molecular formula is C17H13ClN4O. The topological polar surface area (TPSA) is 59.8 Å². The molecule has 0 radical (unpaired) electrons. The first-order valence-corrected chi connectivity index (χ1v) is 7.30. The number of hydrogen-bond donors (Lipinski definition) is 1. The number of rotatable bonds is 4. The summed E-state index contributed by atoms with van der Waals surface area (Å²) >= 11 is 6.06. The van der Waals surface area contributed by atoms with E-state index in [-0.39, 0.29) is 5.91 Å². The van der Waals surface area contributed by atoms with Gasteiger partial charge in [0, 0.05) is 29.7 Å². The van der Waals surface area contributed by atoms with Crippen molar-refractivity contribution in [1.29, 1.82) is 0 Å². The van der Waals surface area contributed by atoms with Crippen LogP contribution in [0.15, 0.2) is 67.1 Å². The number of aromatic nitrogens is 3. The Morgan fingerprint density at radius 1 is 1.13 bits per heavy atom. The van der Waals surface area contributed by atoms with Gasteiger partial charge in [-0.1, -0.05) is 29.8 Å². The van der Waals surface area contributed by atoms with Crippen molar-refractivity contribution >= 4 is 29.3 Å². The molecule has 0 unspecified atom stereocenters. The fraction of sp³-hybridized carbons (Fsp3) is 0. The van der Waals surface area contributed by atoms with Gasteiger partial charge in [0.2, 0.25) is 5.91 Å². The van der Waals surface area contributed by atoms with Crippen LogP contribution in [-0.4, -0.2) is 20.7 Å². The van der Waals surface area contributed by atoms with Crippen LogP contribution in [0.1, 0.15) is 5.56 Å². The molecule has 0 saturated heterocycles. The zero-order chi connectivity index (χ0) is 16.1. The van der Waals surface area contributed by atoms with Crippen LogP contribution in [0.4, 0.5) is 5.69 Å². The summed E-state index contributed by atoms with van der Waals surface area (Å²) < 4.78 is 1.59. The summed E-state index contributed by atoms with van der Waals surface area (Å²) in [6.45, 7) is 0. The Morgan fingerprint density at radius 3 is 2.78 bits per heavy atom. The van der Waals surface area contributed by atoms with Gasteiger partial charge < -0.3 is 5.32 Å². The van der Waals surface area contributed by atoms with Gasteiger partial charge in [-0.2, -0.15) is 5.10 Å². The summed E-state index contributed by atoms with van der Waals surface area (Å²) in [6.07, 6.45) is 8.16. The first-order valence-electron chi connectivity index (χ1n) is 6.92. The molecule has 0 atom stereocenters. The number of hydrogen-bond acceptors (Lipinski definition) is 3. The molecule has 0 spiro atoms. The first-order chi connectivity index (χ1) is 11.2. The lowest BCUT2D eigenvalue weighted by Crippen LogP contribution is -2.11. The molecule has 0 aliphatic rings. The predicted octanol–water partition coefficient (Wildman–Crippen LogP) is 3.57. The fourth-order valence-corrected chi connectivity index (χ4v) is 2.22. The molecule has 0 bridgehead atoms. The summed E-state index contributed by atoms with van der Waals surface area (Å²) in [5, 5.41) is 7.52. The maximum Gasteiger partial charge on any atom is 0.248 e. The van der Waals surface area contributed by atoms with Crippen molar-refractivity contribution in [3.05, 3.63) is 77.7 Å². The van der Waals surface area contributed by atoms with Gasteiger partial charge in [-0.05, 0) is 35.9 Å². The van der Waals surface area contributed by atoms with E-state index < -0.39 is 0 Å². The molecule has 2 heterocycles. The van der Waals surface area contributed by atoms with Crippen LogP contribution in [0.3, 0.4) is 0 Å². The summed E-state index contributed by atoms with van der Waals surface area (Å²) in [7, 11) is 0. The third kappa shape index (κ3) is 3.64. The summed E-state index contributed by atoms with van der Waals surface area (Å²) in [4.78, 5) is 16.4. The van der Waals surface area contributed by atoms with Gasteiger partial charge in [0.15, 0.2) is 5.82 Å². The predicted molar refractivity (Wildman–Crippen MR) is 90.5 cm³/mol. The molecular weight excluding hydrogens is 312 g/mol. The maximum absolute atomic E-state index is 12.1. The number of nitrogens with zero attached hydrogens (tertiary/aromatic N) is 3. The van der Waals surface area contributed by atoms with E-state index in [2.05, 4.69) is 15.4 Å². The molecule has 2 aromatic heterocycles. The lowest BCUT2D eigenvalue weighted by molar-refractivity contribution is -0.111. The lowest BCUT2D eigenvalue weighted by Gasteiger charge is -2.08. The van der Waals surface area contributed by atoms with Crippen LogP contribution in [-0.2, 0) is 4.79 Å². The Labute approximate surface area is 138 Å². The third-order valence-electron chi connectivity index (χ3n) is 3.09. The molecule has 6 heteroatoms. The van der Waals surface area contributed by atoms with E-state index in [9.17, 15) is 4.79 Å². The molecule has 0 aliphatic heterocycles. The second-order valence-electron chi connectivity index (χ2n) is 4.67. The number of benzene rings is 1. The SMILES string of the molecule is O=C(/C=C/c1ccccc1Cl)Nc1cccnc1-n1cccn1. The van der Waals surface area contributed by atoms with Crippen molar-refractivity contribution in [2.75, 3.05) is 5.32 Å². The molecule has 0 fully saturated rings. The second kappa shape index (κ2) is 6.89. The van der Waals surface area contributed by atoms with E-state index in [1.54, 1.807) is 53.6 Å². The summed E-state index contributed by atoms with van der Waals surface area (Å²) in [5.41, 5.74) is 1.35. The highest BCUT2D eigenvalue weighted by Crippen LogP contribution is 2.18. The van der Waals surface area contributed by atoms with E-state index >= 15 is 0 Å². The van der Waals surface area contributed by atoms with Crippen molar-refractivity contribution in [2.24, 2.45) is 0 Å². The molecule has 3 rings (SSSR count). The van der Waals surface area contributed by atoms with Gasteiger partial charge in [-0.25, -0.2) is 9.67 Å². The summed E-state index contributed by atoms with van der Waals surface area (Å²) in [6, 6.07) is 12.6. The van der Waals surface area contributed by atoms with Crippen LogP contribution in [0.2, 0.25) is 5.02 Å². The van der Waals surface area contributed by atoms with E-state index in [0.29, 0.717) is 16.5 Å². The fourth-order valence-electron chi connectivity index (χ4n) is 2.02. The molecule has 1 amide bonds. The Kier molecular flexibility index (Phi) is 4.49. The number of amides is 1. The number of anilines is 1. The van der Waals surface area contributed by atoms with Crippen molar-refractivity contribution in [2.45, 2.75) is 0 Å². The average molecular weight is 325 g/mol. The van der Waals surface area contributed by atoms with Crippen LogP contribution < -0.4 is 5.32 Å². The average Bonchev–Trinajstić information content (AvgIpc) is 3.09. The smallest absolute Gasteiger partial charge is 0.248 e. The van der Waals surface area contributed by atoms with Gasteiger partial charge in [0.05, 0.1) is 5.69 Å². The highest BCUT2D eigenvalue weighted by atomic mass is 35.5. The maximum atomic E-state index is 12.1. The Bertz CT molecular complexity index is 843. The van der Waals surface area contributed by atoms with Crippen LogP contribution >= 0.6 is 11.6 Å². The van der Waals surface area contributed by atoms with Crippen molar-refractivity contribution in [3.63, 3.8) is 0 Å². The highest BCUT2D eigenvalue weighted by molar-refractivity contribution is 6.32. The standard InChI is InChI=1S/C17H13ClN4O/c18-14-6-2-1-5-13(14)8-9-16(23)21-15-7-3-10-19-17(15)22-12-4-11-20-22/h1-12H,(H,21,23)/b9-8+. The van der Waals surface area contributed by atoms with Gasteiger partial charge in [0.25, 0.3) is 0 Å². The quantitative estimate of drug-likeness (QED) is 0.746. The molecule has 114 valence electrons. The molecule has 0 aliphatic carbocycles. The molecule has 1 aromatic carbocycles. The molecule has 1 N–H and O–H groups in total. The Balaban J connectivity index is 1.78. The normalized spacial score (nSPS) is 10.8. The van der Waals surface area contributed by atoms with Crippen LogP contribution in [0.5, 0.6) is 0 Å². The zero-order valence-corrected chi connectivity index (χ0v) is 12.8. The monoisotopic (exact) mass is 324 g/mol. The third-order valence-corrected chi connectivity index (χ3v) is 3.43. The van der Waals surface area contributed by atoms with Gasteiger partial charge >= 0.3 is 0 Å². The number of carbonyl (C=O) groups excluding carboxylic acids is 1. The number of carbonyl (C=O) groups is 1. The van der Waals surface area contributed by atoms with Gasteiger partial charge in [-0.15, -0.1) is 0 Å².